The number of benzene rings is 1. The van der Waals surface area contributed by atoms with Gasteiger partial charge in [-0.3, -0.25) is 10.1 Å². The molecular weight excluding hydrogens is 274 g/mol. The lowest BCUT2D eigenvalue weighted by Crippen LogP contribution is -2.45. The van der Waals surface area contributed by atoms with Gasteiger partial charge in [-0.15, -0.1) is 0 Å². The van der Waals surface area contributed by atoms with Crippen molar-refractivity contribution in [3.63, 3.8) is 0 Å². The topological polar surface area (TPSA) is 32.3 Å². The Morgan fingerprint density at radius 2 is 1.76 bits per heavy atom. The molecule has 2 atom stereocenters. The third-order valence-corrected chi connectivity index (χ3v) is 3.69. The Labute approximate surface area is 125 Å². The lowest BCUT2D eigenvalue weighted by molar-refractivity contribution is -0.132. The molecule has 21 heavy (non-hydrogen) atoms. The number of nitrogens with zero attached hydrogens (tertiary/aromatic N) is 1. The predicted octanol–water partition coefficient (Wildman–Crippen LogP) is 3.18. The van der Waals surface area contributed by atoms with E-state index in [1.54, 1.807) is 18.7 Å². The van der Waals surface area contributed by atoms with E-state index in [1.165, 1.54) is 19.1 Å². The van der Waals surface area contributed by atoms with Gasteiger partial charge in [0, 0.05) is 24.7 Å². The van der Waals surface area contributed by atoms with Crippen LogP contribution in [0.5, 0.6) is 0 Å². The van der Waals surface area contributed by atoms with Crippen LogP contribution in [-0.2, 0) is 4.79 Å². The Balaban J connectivity index is 2.83. The lowest BCUT2D eigenvalue weighted by Gasteiger charge is -2.26. The molecule has 0 aliphatic rings. The third-order valence-electron chi connectivity index (χ3n) is 3.69. The van der Waals surface area contributed by atoms with E-state index >= 15 is 0 Å². The maximum atomic E-state index is 13.9. The second-order valence-electron chi connectivity index (χ2n) is 5.24. The summed E-state index contributed by atoms with van der Waals surface area (Å²) in [4.78, 5) is 13.9. The number of hydrogen-bond acceptors (Lipinski definition) is 2. The minimum Gasteiger partial charge on any atom is -0.342 e. The number of halogens is 2. The van der Waals surface area contributed by atoms with Crippen molar-refractivity contribution >= 4 is 5.91 Å². The van der Waals surface area contributed by atoms with E-state index in [0.717, 1.165) is 0 Å². The molecule has 2 unspecified atom stereocenters. The summed E-state index contributed by atoms with van der Waals surface area (Å²) in [5.74, 6) is -0.945. The maximum absolute atomic E-state index is 13.9. The van der Waals surface area contributed by atoms with Crippen molar-refractivity contribution in [3.8, 4) is 0 Å². The molecule has 0 aliphatic carbocycles. The molecule has 0 bridgehead atoms. The number of hydrogen-bond donors (Lipinski definition) is 1. The van der Waals surface area contributed by atoms with E-state index in [2.05, 4.69) is 5.32 Å². The van der Waals surface area contributed by atoms with Crippen molar-refractivity contribution in [1.29, 1.82) is 0 Å². The van der Waals surface area contributed by atoms with E-state index in [9.17, 15) is 13.6 Å². The molecule has 0 aliphatic heterocycles. The summed E-state index contributed by atoms with van der Waals surface area (Å²) in [6.07, 6.45) is 0. The van der Waals surface area contributed by atoms with Crippen molar-refractivity contribution in [2.75, 3.05) is 13.1 Å². The fourth-order valence-electron chi connectivity index (χ4n) is 2.34. The van der Waals surface area contributed by atoms with E-state index in [4.69, 9.17) is 0 Å². The minimum absolute atomic E-state index is 0.0418. The highest BCUT2D eigenvalue weighted by Crippen LogP contribution is 2.21. The maximum Gasteiger partial charge on any atom is 0.239 e. The van der Waals surface area contributed by atoms with Gasteiger partial charge in [0.2, 0.25) is 5.91 Å². The molecular formula is C16H24F2N2O. The van der Waals surface area contributed by atoms with Crippen LogP contribution in [0.25, 0.3) is 0 Å². The number of aryl methyl sites for hydroxylation is 1. The van der Waals surface area contributed by atoms with Crippen molar-refractivity contribution in [2.45, 2.75) is 46.7 Å². The molecule has 0 saturated heterocycles. The second-order valence-corrected chi connectivity index (χ2v) is 5.24. The Bertz CT molecular complexity index is 501. The molecule has 1 aromatic carbocycles. The number of nitrogens with one attached hydrogen (secondary N) is 1. The van der Waals surface area contributed by atoms with Gasteiger partial charge in [-0.05, 0) is 52.3 Å². The second kappa shape index (κ2) is 7.50. The average molecular weight is 298 g/mol. The molecule has 0 spiro atoms. The molecule has 5 heteroatoms. The molecule has 118 valence electrons. The van der Waals surface area contributed by atoms with Gasteiger partial charge in [-0.25, -0.2) is 8.78 Å². The SMILES string of the molecule is CCN(CC)C(=O)C(C)NC(C)c1cc(F)c(C)cc1F. The summed E-state index contributed by atoms with van der Waals surface area (Å²) in [5, 5.41) is 3.03. The summed E-state index contributed by atoms with van der Waals surface area (Å²) >= 11 is 0. The summed E-state index contributed by atoms with van der Waals surface area (Å²) in [5.41, 5.74) is 0.507. The average Bonchev–Trinajstić information content (AvgIpc) is 2.43. The normalized spacial score (nSPS) is 13.9. The Morgan fingerprint density at radius 3 is 2.29 bits per heavy atom. The van der Waals surface area contributed by atoms with E-state index in [-0.39, 0.29) is 17.0 Å². The third kappa shape index (κ3) is 4.24. The van der Waals surface area contributed by atoms with Gasteiger partial charge in [-0.1, -0.05) is 0 Å². The predicted molar refractivity (Wildman–Crippen MR) is 80.0 cm³/mol. The van der Waals surface area contributed by atoms with E-state index < -0.39 is 23.7 Å². The molecule has 1 rings (SSSR count). The first-order valence-corrected chi connectivity index (χ1v) is 7.32. The minimum atomic E-state index is -0.462. The van der Waals surface area contributed by atoms with Crippen LogP contribution < -0.4 is 5.32 Å². The molecule has 1 amide bonds. The summed E-state index contributed by atoms with van der Waals surface area (Å²) in [6.45, 7) is 10.1. The number of rotatable bonds is 6. The highest BCUT2D eigenvalue weighted by atomic mass is 19.1. The van der Waals surface area contributed by atoms with Gasteiger partial charge in [0.15, 0.2) is 0 Å². The van der Waals surface area contributed by atoms with Gasteiger partial charge >= 0.3 is 0 Å². The van der Waals surface area contributed by atoms with Crippen LogP contribution >= 0.6 is 0 Å². The number of carbonyl (C=O) groups is 1. The monoisotopic (exact) mass is 298 g/mol. The highest BCUT2D eigenvalue weighted by Gasteiger charge is 2.22. The fourth-order valence-corrected chi connectivity index (χ4v) is 2.34. The Kier molecular flexibility index (Phi) is 6.27. The van der Waals surface area contributed by atoms with Crippen LogP contribution in [0.15, 0.2) is 12.1 Å². The van der Waals surface area contributed by atoms with Crippen molar-refractivity contribution in [2.24, 2.45) is 0 Å². The number of carbonyl (C=O) groups excluding carboxylic acids is 1. The highest BCUT2D eigenvalue weighted by molar-refractivity contribution is 5.81. The lowest BCUT2D eigenvalue weighted by atomic mass is 10.0. The molecule has 3 nitrogen and oxygen atoms in total. The first kappa shape index (κ1) is 17.6. The quantitative estimate of drug-likeness (QED) is 0.875. The van der Waals surface area contributed by atoms with Crippen LogP contribution in [0.1, 0.15) is 44.9 Å². The summed E-state index contributed by atoms with van der Waals surface area (Å²) < 4.78 is 27.5. The molecule has 0 fully saturated rings. The number of likely N-dealkylation sites (N-methyl/N-ethyl adjacent to an activating group) is 1. The fraction of sp³-hybridized carbons (Fsp3) is 0.562. The standard InChI is InChI=1S/C16H24F2N2O/c1-6-20(7-2)16(21)12(5)19-11(4)13-9-14(17)10(3)8-15(13)18/h8-9,11-12,19H,6-7H2,1-5H3. The van der Waals surface area contributed by atoms with Gasteiger partial charge in [0.25, 0.3) is 0 Å². The molecule has 0 heterocycles. The number of amides is 1. The Hall–Kier alpha value is -1.49. The van der Waals surface area contributed by atoms with Gasteiger partial charge in [0.05, 0.1) is 6.04 Å². The summed E-state index contributed by atoms with van der Waals surface area (Å²) in [7, 11) is 0. The van der Waals surface area contributed by atoms with Gasteiger partial charge in [0.1, 0.15) is 11.6 Å². The van der Waals surface area contributed by atoms with Crippen LogP contribution in [0.3, 0.4) is 0 Å². The zero-order valence-electron chi connectivity index (χ0n) is 13.3. The summed E-state index contributed by atoms with van der Waals surface area (Å²) in [6, 6.07) is 1.47. The smallest absolute Gasteiger partial charge is 0.239 e. The van der Waals surface area contributed by atoms with Crippen molar-refractivity contribution < 1.29 is 13.6 Å². The van der Waals surface area contributed by atoms with Gasteiger partial charge in [-0.2, -0.15) is 0 Å². The molecule has 0 saturated carbocycles. The van der Waals surface area contributed by atoms with E-state index in [0.29, 0.717) is 13.1 Å². The van der Waals surface area contributed by atoms with E-state index in [1.807, 2.05) is 13.8 Å². The first-order chi connectivity index (χ1) is 9.81. The zero-order chi connectivity index (χ0) is 16.2. The molecule has 1 N–H and O–H groups in total. The molecule has 1 aromatic rings. The largest absolute Gasteiger partial charge is 0.342 e. The van der Waals surface area contributed by atoms with Crippen molar-refractivity contribution in [3.05, 3.63) is 34.9 Å². The molecule has 0 radical (unpaired) electrons. The van der Waals surface area contributed by atoms with Crippen LogP contribution in [0, 0.1) is 18.6 Å². The first-order valence-electron chi connectivity index (χ1n) is 7.32. The van der Waals surface area contributed by atoms with Gasteiger partial charge < -0.3 is 4.90 Å². The zero-order valence-corrected chi connectivity index (χ0v) is 13.3. The molecule has 0 aromatic heterocycles. The van der Waals surface area contributed by atoms with Crippen molar-refractivity contribution in [1.82, 2.24) is 10.2 Å². The Morgan fingerprint density at radius 1 is 1.19 bits per heavy atom. The van der Waals surface area contributed by atoms with Crippen LogP contribution in [-0.4, -0.2) is 29.9 Å². The van der Waals surface area contributed by atoms with Crippen LogP contribution in [0.4, 0.5) is 8.78 Å². The van der Waals surface area contributed by atoms with Crippen LogP contribution in [0.2, 0.25) is 0 Å².